The second-order valence-corrected chi connectivity index (χ2v) is 11.7. The van der Waals surface area contributed by atoms with Crippen LogP contribution in [0.1, 0.15) is 34.5 Å². The summed E-state index contributed by atoms with van der Waals surface area (Å²) in [5, 5.41) is 6.43. The Bertz CT molecular complexity index is 2280. The minimum Gasteiger partial charge on any atom is -0.343 e. The number of nitrogens with zero attached hydrogens (tertiary/aromatic N) is 3. The molecule has 5 aromatic carbocycles. The van der Waals surface area contributed by atoms with Crippen LogP contribution < -0.4 is 5.32 Å². The first-order valence-corrected chi connectivity index (χ1v) is 15.4. The molecule has 1 unspecified atom stereocenters. The van der Waals surface area contributed by atoms with E-state index < -0.39 is 6.04 Å². The number of hydrogen-bond acceptors (Lipinski definition) is 2. The molecule has 2 amide bonds. The van der Waals surface area contributed by atoms with Crippen LogP contribution in [0.15, 0.2) is 121 Å². The van der Waals surface area contributed by atoms with Crippen LogP contribution in [-0.2, 0) is 18.4 Å². The van der Waals surface area contributed by atoms with Gasteiger partial charge in [-0.3, -0.25) is 9.59 Å². The first-order chi connectivity index (χ1) is 22.0. The van der Waals surface area contributed by atoms with Gasteiger partial charge in [0, 0.05) is 63.1 Å². The predicted octanol–water partition coefficient (Wildman–Crippen LogP) is 8.16. The van der Waals surface area contributed by atoms with E-state index in [4.69, 9.17) is 0 Å². The second kappa shape index (κ2) is 10.5. The highest BCUT2D eigenvalue weighted by Gasteiger charge is 2.41. The van der Waals surface area contributed by atoms with E-state index in [0.29, 0.717) is 11.3 Å². The molecule has 0 aliphatic carbocycles. The molecule has 6 nitrogen and oxygen atoms in total. The monoisotopic (exact) mass is 588 g/mol. The van der Waals surface area contributed by atoms with E-state index in [0.717, 1.165) is 56.1 Å². The Kier molecular flexibility index (Phi) is 6.31. The third-order valence-corrected chi connectivity index (χ3v) is 9.21. The highest BCUT2D eigenvalue weighted by atomic mass is 16.2. The van der Waals surface area contributed by atoms with Gasteiger partial charge in [-0.25, -0.2) is 0 Å². The van der Waals surface area contributed by atoms with Crippen LogP contribution in [0.3, 0.4) is 0 Å². The minimum absolute atomic E-state index is 0.0790. The average molecular weight is 589 g/mol. The Hall–Kier alpha value is -5.62. The number of hydrogen-bond donors (Lipinski definition) is 1. The van der Waals surface area contributed by atoms with Gasteiger partial charge in [0.05, 0.1) is 11.7 Å². The Morgan fingerprint density at radius 1 is 0.733 bits per heavy atom. The fourth-order valence-electron chi connectivity index (χ4n) is 7.32. The Labute approximate surface area is 261 Å². The van der Waals surface area contributed by atoms with Crippen molar-refractivity contribution in [3.63, 3.8) is 0 Å². The lowest BCUT2D eigenvalue weighted by molar-refractivity contribution is -0.117. The molecule has 45 heavy (non-hydrogen) atoms. The van der Waals surface area contributed by atoms with Crippen molar-refractivity contribution >= 4 is 50.2 Å². The first-order valence-electron chi connectivity index (χ1n) is 15.4. The van der Waals surface area contributed by atoms with E-state index in [1.165, 1.54) is 5.52 Å². The quantitative estimate of drug-likeness (QED) is 0.213. The second-order valence-electron chi connectivity index (χ2n) is 11.7. The number of carbonyl (C=O) groups excluding carboxylic acids is 2. The number of anilines is 1. The van der Waals surface area contributed by atoms with Crippen LogP contribution in [0, 0.1) is 0 Å². The number of aryl methyl sites for hydroxylation is 2. The van der Waals surface area contributed by atoms with Crippen LogP contribution in [-0.4, -0.2) is 32.4 Å². The molecule has 2 aromatic heterocycles. The average Bonchev–Trinajstić information content (AvgIpc) is 3.65. The molecule has 0 spiro atoms. The topological polar surface area (TPSA) is 59.3 Å². The zero-order valence-corrected chi connectivity index (χ0v) is 25.2. The highest BCUT2D eigenvalue weighted by molar-refractivity contribution is 6.10. The van der Waals surface area contributed by atoms with Gasteiger partial charge in [-0.05, 0) is 54.4 Å². The molecular weight excluding hydrogens is 556 g/mol. The summed E-state index contributed by atoms with van der Waals surface area (Å²) in [5.74, 6) is -0.375. The summed E-state index contributed by atoms with van der Waals surface area (Å²) in [6.07, 6.45) is 0. The first kappa shape index (κ1) is 27.0. The van der Waals surface area contributed by atoms with Gasteiger partial charge in [-0.15, -0.1) is 0 Å². The summed E-state index contributed by atoms with van der Waals surface area (Å²) in [6.45, 7) is 2.92. The van der Waals surface area contributed by atoms with E-state index in [2.05, 4.69) is 77.0 Å². The molecule has 0 saturated carbocycles. The number of para-hydroxylation sites is 2. The Balaban J connectivity index is 1.21. The van der Waals surface area contributed by atoms with Gasteiger partial charge < -0.3 is 19.4 Å². The van der Waals surface area contributed by atoms with Gasteiger partial charge in [0.2, 0.25) is 5.91 Å². The molecule has 0 fully saturated rings. The van der Waals surface area contributed by atoms with Crippen molar-refractivity contribution < 1.29 is 9.59 Å². The Morgan fingerprint density at radius 2 is 1.40 bits per heavy atom. The molecule has 1 aliphatic rings. The lowest BCUT2D eigenvalue weighted by Gasteiger charge is -2.26. The van der Waals surface area contributed by atoms with Gasteiger partial charge in [0.25, 0.3) is 5.91 Å². The number of benzene rings is 5. The molecule has 7 aromatic rings. The zero-order chi connectivity index (χ0) is 30.7. The van der Waals surface area contributed by atoms with Crippen molar-refractivity contribution in [2.45, 2.75) is 19.5 Å². The summed E-state index contributed by atoms with van der Waals surface area (Å²) in [4.78, 5) is 29.6. The van der Waals surface area contributed by atoms with Crippen LogP contribution in [0.5, 0.6) is 0 Å². The molecule has 1 aliphatic heterocycles. The van der Waals surface area contributed by atoms with Gasteiger partial charge in [-0.1, -0.05) is 84.9 Å². The number of carbonyl (C=O) groups is 2. The molecule has 3 heterocycles. The summed E-state index contributed by atoms with van der Waals surface area (Å²) < 4.78 is 4.49. The molecule has 8 rings (SSSR count). The van der Waals surface area contributed by atoms with Gasteiger partial charge in [0.1, 0.15) is 6.54 Å². The SMILES string of the molecule is CCn1c2ccccc2c2cc(NC(=O)CN3C(=O)c4ccccc4C3c3c(-c4ccccc4)n(C)c4ccccc34)ccc21. The maximum Gasteiger partial charge on any atom is 0.255 e. The lowest BCUT2D eigenvalue weighted by Crippen LogP contribution is -2.36. The fraction of sp³-hybridized carbons (Fsp3) is 0.128. The molecule has 0 radical (unpaired) electrons. The van der Waals surface area contributed by atoms with Crippen LogP contribution >= 0.6 is 0 Å². The van der Waals surface area contributed by atoms with Crippen molar-refractivity contribution in [2.24, 2.45) is 7.05 Å². The third-order valence-electron chi connectivity index (χ3n) is 9.21. The number of amides is 2. The smallest absolute Gasteiger partial charge is 0.255 e. The van der Waals surface area contributed by atoms with E-state index in [1.807, 2.05) is 72.8 Å². The maximum absolute atomic E-state index is 14.1. The van der Waals surface area contributed by atoms with Crippen molar-refractivity contribution in [3.05, 3.63) is 138 Å². The van der Waals surface area contributed by atoms with E-state index in [1.54, 1.807) is 4.90 Å². The molecule has 6 heteroatoms. The van der Waals surface area contributed by atoms with Gasteiger partial charge >= 0.3 is 0 Å². The highest BCUT2D eigenvalue weighted by Crippen LogP contribution is 2.46. The van der Waals surface area contributed by atoms with Crippen LogP contribution in [0.4, 0.5) is 5.69 Å². The van der Waals surface area contributed by atoms with E-state index in [9.17, 15) is 9.59 Å². The standard InChI is InChI=1S/C39H32N4O2/c1-3-42-33-20-12-9-15-27(33)31-23-26(21-22-34(31)42)40-35(44)24-43-38(28-16-7-8-17-29(28)39(43)45)36-30-18-10-11-19-32(30)41(2)37(36)25-13-5-4-6-14-25/h4-23,38H,3,24H2,1-2H3,(H,40,44). The normalized spacial score (nSPS) is 14.5. The summed E-state index contributed by atoms with van der Waals surface area (Å²) in [7, 11) is 2.07. The third kappa shape index (κ3) is 4.17. The summed E-state index contributed by atoms with van der Waals surface area (Å²) in [6, 6.07) is 40.3. The largest absolute Gasteiger partial charge is 0.343 e. The zero-order valence-electron chi connectivity index (χ0n) is 25.2. The molecule has 0 bridgehead atoms. The van der Waals surface area contributed by atoms with Crippen molar-refractivity contribution in [1.82, 2.24) is 14.0 Å². The number of aromatic nitrogens is 2. The summed E-state index contributed by atoms with van der Waals surface area (Å²) >= 11 is 0. The molecule has 1 N–H and O–H groups in total. The molecular formula is C39H32N4O2. The van der Waals surface area contributed by atoms with Crippen LogP contribution in [0.2, 0.25) is 0 Å². The molecule has 1 atom stereocenters. The van der Waals surface area contributed by atoms with Crippen molar-refractivity contribution in [3.8, 4) is 11.3 Å². The van der Waals surface area contributed by atoms with Crippen molar-refractivity contribution in [2.75, 3.05) is 11.9 Å². The van der Waals surface area contributed by atoms with Gasteiger partial charge in [-0.2, -0.15) is 0 Å². The number of rotatable bonds is 6. The fourth-order valence-corrected chi connectivity index (χ4v) is 7.32. The van der Waals surface area contributed by atoms with Gasteiger partial charge in [0.15, 0.2) is 0 Å². The lowest BCUT2D eigenvalue weighted by atomic mass is 9.93. The minimum atomic E-state index is -0.425. The number of fused-ring (bicyclic) bond motifs is 5. The van der Waals surface area contributed by atoms with Crippen molar-refractivity contribution in [1.29, 1.82) is 0 Å². The van der Waals surface area contributed by atoms with E-state index in [-0.39, 0.29) is 18.4 Å². The maximum atomic E-state index is 14.1. The van der Waals surface area contributed by atoms with E-state index >= 15 is 0 Å². The van der Waals surface area contributed by atoms with Crippen LogP contribution in [0.25, 0.3) is 44.0 Å². The Morgan fingerprint density at radius 3 is 2.20 bits per heavy atom. The molecule has 220 valence electrons. The number of nitrogens with one attached hydrogen (secondary N) is 1. The molecule has 0 saturated heterocycles. The summed E-state index contributed by atoms with van der Waals surface area (Å²) in [5.41, 5.74) is 8.76. The predicted molar refractivity (Wildman–Crippen MR) is 181 cm³/mol.